The highest BCUT2D eigenvalue weighted by Crippen LogP contribution is 2.29. The number of benzene rings is 1. The van der Waals surface area contributed by atoms with E-state index >= 15 is 0 Å². The monoisotopic (exact) mass is 405 g/mol. The number of thiazole rings is 1. The molecular formula is C21H15N3O2S2. The third-order valence-corrected chi connectivity index (χ3v) is 6.25. The van der Waals surface area contributed by atoms with Crippen LogP contribution in [-0.2, 0) is 0 Å². The van der Waals surface area contributed by atoms with Crippen LogP contribution in [0.25, 0.3) is 29.3 Å². The van der Waals surface area contributed by atoms with Crippen molar-refractivity contribution in [1.82, 2.24) is 14.6 Å². The van der Waals surface area contributed by atoms with E-state index in [1.807, 2.05) is 66.9 Å². The normalized spacial score (nSPS) is 17.1. The maximum absolute atomic E-state index is 12.8. The number of aromatic nitrogens is 3. The third-order valence-electron chi connectivity index (χ3n) is 4.45. The fourth-order valence-corrected chi connectivity index (χ4v) is 4.57. The van der Waals surface area contributed by atoms with Gasteiger partial charge in [-0.3, -0.25) is 4.79 Å². The van der Waals surface area contributed by atoms with E-state index in [1.54, 1.807) is 11.3 Å². The van der Waals surface area contributed by atoms with Crippen molar-refractivity contribution in [2.45, 2.75) is 13.0 Å². The quantitative estimate of drug-likeness (QED) is 0.521. The minimum atomic E-state index is -0.157. The first-order valence-corrected chi connectivity index (χ1v) is 10.5. The molecule has 4 aromatic rings. The summed E-state index contributed by atoms with van der Waals surface area (Å²) >= 11 is 2.98. The molecule has 1 aliphatic heterocycles. The zero-order chi connectivity index (χ0) is 19.1. The van der Waals surface area contributed by atoms with E-state index in [4.69, 9.17) is 4.74 Å². The van der Waals surface area contributed by atoms with Crippen molar-refractivity contribution in [3.63, 3.8) is 0 Å². The highest BCUT2D eigenvalue weighted by atomic mass is 32.1. The minimum Gasteiger partial charge on any atom is -0.485 e. The number of para-hydroxylation sites is 1. The van der Waals surface area contributed by atoms with Crippen LogP contribution in [0.2, 0.25) is 0 Å². The fourth-order valence-electron chi connectivity index (χ4n) is 3.04. The molecule has 138 valence electrons. The Bertz CT molecular complexity index is 1330. The zero-order valence-electron chi connectivity index (χ0n) is 14.9. The topological polar surface area (TPSA) is 56.5 Å². The van der Waals surface area contributed by atoms with Crippen molar-refractivity contribution in [2.75, 3.05) is 0 Å². The van der Waals surface area contributed by atoms with Gasteiger partial charge in [-0.25, -0.2) is 0 Å². The van der Waals surface area contributed by atoms with E-state index in [1.165, 1.54) is 15.9 Å². The molecule has 0 bridgehead atoms. The number of hydrogen-bond acceptors (Lipinski definition) is 6. The van der Waals surface area contributed by atoms with E-state index < -0.39 is 0 Å². The maximum atomic E-state index is 12.8. The van der Waals surface area contributed by atoms with Crippen LogP contribution in [0.5, 0.6) is 5.75 Å². The van der Waals surface area contributed by atoms with Crippen LogP contribution in [-0.4, -0.2) is 20.7 Å². The predicted octanol–water partition coefficient (Wildman–Crippen LogP) is 3.75. The summed E-state index contributed by atoms with van der Waals surface area (Å²) in [5.41, 5.74) is 1.81. The lowest BCUT2D eigenvalue weighted by Crippen LogP contribution is -2.26. The minimum absolute atomic E-state index is 0.124. The van der Waals surface area contributed by atoms with Gasteiger partial charge in [-0.15, -0.1) is 16.4 Å². The molecule has 0 aliphatic carbocycles. The first-order valence-electron chi connectivity index (χ1n) is 8.77. The van der Waals surface area contributed by atoms with Crippen LogP contribution in [0.15, 0.2) is 52.1 Å². The van der Waals surface area contributed by atoms with Gasteiger partial charge in [-0.05, 0) is 54.3 Å². The van der Waals surface area contributed by atoms with Gasteiger partial charge in [0.25, 0.3) is 5.56 Å². The van der Waals surface area contributed by atoms with Gasteiger partial charge in [0.1, 0.15) is 11.9 Å². The molecule has 0 saturated heterocycles. The standard InChI is InChI=1S/C21H15N3O2S2/c1-13-15(11-14-5-2-3-7-17(14)26-13)12-18-20(25)24-21(28-18)22-19(23-24)9-8-16-6-4-10-27-16/h2-13H,1H3. The van der Waals surface area contributed by atoms with Gasteiger partial charge in [0.15, 0.2) is 5.82 Å². The second-order valence-electron chi connectivity index (χ2n) is 6.37. The van der Waals surface area contributed by atoms with E-state index in [2.05, 4.69) is 16.2 Å². The second kappa shape index (κ2) is 6.85. The second-order valence-corrected chi connectivity index (χ2v) is 8.36. The van der Waals surface area contributed by atoms with Gasteiger partial charge in [0.05, 0.1) is 4.53 Å². The molecule has 0 saturated carbocycles. The van der Waals surface area contributed by atoms with Crippen molar-refractivity contribution in [2.24, 2.45) is 0 Å². The van der Waals surface area contributed by atoms with Crippen LogP contribution in [0.4, 0.5) is 0 Å². The van der Waals surface area contributed by atoms with Gasteiger partial charge in [-0.1, -0.05) is 35.6 Å². The van der Waals surface area contributed by atoms with Gasteiger partial charge in [0, 0.05) is 10.4 Å². The zero-order valence-corrected chi connectivity index (χ0v) is 16.5. The van der Waals surface area contributed by atoms with Crippen molar-refractivity contribution in [3.05, 3.63) is 78.5 Å². The largest absolute Gasteiger partial charge is 0.485 e. The van der Waals surface area contributed by atoms with E-state index in [0.29, 0.717) is 15.3 Å². The Hall–Kier alpha value is -3.03. The number of hydrogen-bond donors (Lipinski definition) is 0. The highest BCUT2D eigenvalue weighted by Gasteiger charge is 2.18. The molecular weight excluding hydrogens is 390 g/mol. The smallest absolute Gasteiger partial charge is 0.291 e. The number of rotatable bonds is 3. The molecule has 7 heteroatoms. The van der Waals surface area contributed by atoms with E-state index in [-0.39, 0.29) is 11.7 Å². The molecule has 5 rings (SSSR count). The molecule has 0 radical (unpaired) electrons. The Morgan fingerprint density at radius 1 is 1.18 bits per heavy atom. The first-order chi connectivity index (χ1) is 13.7. The Kier molecular flexibility index (Phi) is 4.18. The average molecular weight is 406 g/mol. The molecule has 0 fully saturated rings. The molecule has 4 heterocycles. The van der Waals surface area contributed by atoms with Crippen molar-refractivity contribution >= 4 is 51.9 Å². The molecule has 0 N–H and O–H groups in total. The lowest BCUT2D eigenvalue weighted by molar-refractivity contribution is 0.259. The summed E-state index contributed by atoms with van der Waals surface area (Å²) in [5.74, 6) is 1.39. The van der Waals surface area contributed by atoms with Crippen LogP contribution in [0.3, 0.4) is 0 Å². The maximum Gasteiger partial charge on any atom is 0.291 e. The molecule has 1 atom stereocenters. The van der Waals surface area contributed by atoms with Gasteiger partial charge in [-0.2, -0.15) is 9.50 Å². The summed E-state index contributed by atoms with van der Waals surface area (Å²) in [7, 11) is 0. The van der Waals surface area contributed by atoms with Crippen molar-refractivity contribution in [3.8, 4) is 5.75 Å². The lowest BCUT2D eigenvalue weighted by atomic mass is 10.0. The van der Waals surface area contributed by atoms with Crippen LogP contribution >= 0.6 is 22.7 Å². The van der Waals surface area contributed by atoms with Gasteiger partial charge < -0.3 is 4.74 Å². The van der Waals surface area contributed by atoms with Crippen LogP contribution in [0.1, 0.15) is 23.2 Å². The summed E-state index contributed by atoms with van der Waals surface area (Å²) in [6, 6.07) is 11.9. The summed E-state index contributed by atoms with van der Waals surface area (Å²) in [4.78, 5) is 18.9. The SMILES string of the molecule is CC1Oc2ccccc2C=C1C=c1sc2nc(C=Cc3cccs3)nn2c1=O. The molecule has 1 aliphatic rings. The van der Waals surface area contributed by atoms with Crippen molar-refractivity contribution < 1.29 is 4.74 Å². The molecule has 28 heavy (non-hydrogen) atoms. The van der Waals surface area contributed by atoms with E-state index in [0.717, 1.165) is 21.8 Å². The molecule has 0 spiro atoms. The number of thiophene rings is 1. The van der Waals surface area contributed by atoms with Gasteiger partial charge >= 0.3 is 0 Å². The van der Waals surface area contributed by atoms with Gasteiger partial charge in [0.2, 0.25) is 4.96 Å². The predicted molar refractivity (Wildman–Crippen MR) is 115 cm³/mol. The number of ether oxygens (including phenoxy) is 1. The molecule has 5 nitrogen and oxygen atoms in total. The van der Waals surface area contributed by atoms with E-state index in [9.17, 15) is 4.79 Å². The summed E-state index contributed by atoms with van der Waals surface area (Å²) in [6.07, 6.45) is 7.59. The number of fused-ring (bicyclic) bond motifs is 2. The Labute approximate surface area is 168 Å². The molecule has 3 aromatic heterocycles. The molecule has 1 aromatic carbocycles. The summed E-state index contributed by atoms with van der Waals surface area (Å²) < 4.78 is 7.93. The Balaban J connectivity index is 1.52. The fraction of sp³-hybridized carbons (Fsp3) is 0.0952. The Morgan fingerprint density at radius 3 is 2.89 bits per heavy atom. The molecule has 1 unspecified atom stereocenters. The summed E-state index contributed by atoms with van der Waals surface area (Å²) in [5, 5.41) is 6.34. The Morgan fingerprint density at radius 2 is 2.07 bits per heavy atom. The first kappa shape index (κ1) is 17.1. The summed E-state index contributed by atoms with van der Waals surface area (Å²) in [6.45, 7) is 1.98. The average Bonchev–Trinajstić information content (AvgIpc) is 3.40. The van der Waals surface area contributed by atoms with Crippen LogP contribution in [0, 0.1) is 0 Å². The lowest BCUT2D eigenvalue weighted by Gasteiger charge is -2.22. The van der Waals surface area contributed by atoms with Crippen LogP contribution < -0.4 is 14.8 Å². The third kappa shape index (κ3) is 3.08. The highest BCUT2D eigenvalue weighted by molar-refractivity contribution is 7.15. The van der Waals surface area contributed by atoms with Crippen molar-refractivity contribution in [1.29, 1.82) is 0 Å². The molecule has 0 amide bonds. The number of nitrogens with zero attached hydrogens (tertiary/aromatic N) is 3.